The molecule has 2 heterocycles. The van der Waals surface area contributed by atoms with Crippen LogP contribution in [0.2, 0.25) is 0 Å². The Morgan fingerprint density at radius 3 is 1.34 bits per heavy atom. The molecule has 2 aromatic carbocycles. The highest BCUT2D eigenvalue weighted by atomic mass is 16.1. The van der Waals surface area contributed by atoms with Crippen LogP contribution in [0.15, 0.2) is 60.7 Å². The normalized spacial score (nSPS) is 11.6. The molecule has 0 radical (unpaired) electrons. The van der Waals surface area contributed by atoms with Gasteiger partial charge in [-0.3, -0.25) is 4.79 Å². The van der Waals surface area contributed by atoms with Gasteiger partial charge < -0.3 is 0 Å². The zero-order valence-electron chi connectivity index (χ0n) is 23.9. The second-order valence-corrected chi connectivity index (χ2v) is 10.8. The number of rotatable bonds is 12. The quantitative estimate of drug-likeness (QED) is 0.180. The van der Waals surface area contributed by atoms with Crippen molar-refractivity contribution in [3.8, 4) is 11.4 Å². The van der Waals surface area contributed by atoms with Crippen molar-refractivity contribution in [3.63, 3.8) is 0 Å². The summed E-state index contributed by atoms with van der Waals surface area (Å²) < 4.78 is 4.03. The molecule has 200 valence electrons. The van der Waals surface area contributed by atoms with Gasteiger partial charge in [0, 0.05) is 0 Å². The first-order valence-corrected chi connectivity index (χ1v) is 14.3. The van der Waals surface area contributed by atoms with E-state index in [-0.39, 0.29) is 17.6 Å². The summed E-state index contributed by atoms with van der Waals surface area (Å²) in [7, 11) is 0. The van der Waals surface area contributed by atoms with E-state index < -0.39 is 0 Å². The molecule has 2 aromatic heterocycles. The molecule has 0 bridgehead atoms. The maximum Gasteiger partial charge on any atom is 0.200 e. The van der Waals surface area contributed by atoms with E-state index in [1.807, 2.05) is 45.8 Å². The molecule has 0 saturated carbocycles. The first kappa shape index (κ1) is 27.6. The summed E-state index contributed by atoms with van der Waals surface area (Å²) in [6, 6.07) is 20.4. The number of nitrogens with zero attached hydrogens (tertiary/aromatic N) is 4. The maximum atomic E-state index is 14.8. The van der Waals surface area contributed by atoms with Gasteiger partial charge in [0.15, 0.2) is 0 Å². The lowest BCUT2D eigenvalue weighted by Gasteiger charge is -2.13. The van der Waals surface area contributed by atoms with E-state index in [0.717, 1.165) is 83.8 Å². The van der Waals surface area contributed by atoms with Crippen LogP contribution in [0.5, 0.6) is 0 Å². The molecule has 0 amide bonds. The van der Waals surface area contributed by atoms with Crippen LogP contribution in [-0.4, -0.2) is 25.3 Å². The van der Waals surface area contributed by atoms with E-state index in [1.165, 1.54) is 0 Å². The van der Waals surface area contributed by atoms with Gasteiger partial charge in [0.2, 0.25) is 5.78 Å². The van der Waals surface area contributed by atoms with E-state index in [0.29, 0.717) is 0 Å². The SMILES string of the molecule is CCCCc1c(C(=O)c2c(C(C)C)nn(-c3ccccc3)c2CCCC)c(C(C)C)nn1-c1ccccc1. The second-order valence-electron chi connectivity index (χ2n) is 10.8. The Kier molecular flexibility index (Phi) is 8.98. The van der Waals surface area contributed by atoms with Gasteiger partial charge >= 0.3 is 0 Å². The fourth-order valence-electron chi connectivity index (χ4n) is 5.09. The Balaban J connectivity index is 2.00. The molecule has 0 atom stereocenters. The predicted octanol–water partition coefficient (Wildman–Crippen LogP) is 8.22. The number of benzene rings is 2. The van der Waals surface area contributed by atoms with Crippen LogP contribution in [0.1, 0.15) is 118 Å². The predicted molar refractivity (Wildman–Crippen MR) is 156 cm³/mol. The number of para-hydroxylation sites is 2. The van der Waals surface area contributed by atoms with Gasteiger partial charge in [0.25, 0.3) is 0 Å². The van der Waals surface area contributed by atoms with Crippen LogP contribution in [-0.2, 0) is 12.8 Å². The monoisotopic (exact) mass is 510 g/mol. The highest BCUT2D eigenvalue weighted by Crippen LogP contribution is 2.33. The molecule has 5 nitrogen and oxygen atoms in total. The van der Waals surface area contributed by atoms with E-state index in [9.17, 15) is 4.79 Å². The number of aromatic nitrogens is 4. The van der Waals surface area contributed by atoms with Crippen LogP contribution >= 0.6 is 0 Å². The minimum atomic E-state index is 0.0685. The lowest BCUT2D eigenvalue weighted by Crippen LogP contribution is -2.14. The molecule has 0 N–H and O–H groups in total. The summed E-state index contributed by atoms with van der Waals surface area (Å²) in [5.74, 6) is 0.300. The highest BCUT2D eigenvalue weighted by molar-refractivity contribution is 6.12. The number of hydrogen-bond acceptors (Lipinski definition) is 3. The molecule has 4 rings (SSSR count). The third kappa shape index (κ3) is 5.52. The third-order valence-corrected chi connectivity index (χ3v) is 7.10. The molecule has 4 aromatic rings. The molecular weight excluding hydrogens is 468 g/mol. The molecule has 5 heteroatoms. The molecule has 0 spiro atoms. The summed E-state index contributed by atoms with van der Waals surface area (Å²) in [6.07, 6.45) is 5.71. The van der Waals surface area contributed by atoms with E-state index in [1.54, 1.807) is 0 Å². The average Bonchev–Trinajstić information content (AvgIpc) is 3.51. The molecule has 0 aliphatic heterocycles. The maximum absolute atomic E-state index is 14.8. The Morgan fingerprint density at radius 2 is 1.03 bits per heavy atom. The van der Waals surface area contributed by atoms with Crippen molar-refractivity contribution in [2.75, 3.05) is 0 Å². The molecule has 0 fully saturated rings. The van der Waals surface area contributed by atoms with Crippen molar-refractivity contribution >= 4 is 5.78 Å². The molecule has 0 aliphatic rings. The topological polar surface area (TPSA) is 52.7 Å². The van der Waals surface area contributed by atoms with Gasteiger partial charge in [-0.15, -0.1) is 0 Å². The average molecular weight is 511 g/mol. The Morgan fingerprint density at radius 1 is 0.658 bits per heavy atom. The van der Waals surface area contributed by atoms with Gasteiger partial charge in [0.1, 0.15) is 0 Å². The number of carbonyl (C=O) groups is 1. The van der Waals surface area contributed by atoms with Gasteiger partial charge in [-0.1, -0.05) is 90.8 Å². The van der Waals surface area contributed by atoms with Crippen LogP contribution in [0.25, 0.3) is 11.4 Å². The van der Waals surface area contributed by atoms with Gasteiger partial charge in [-0.05, 0) is 61.8 Å². The first-order valence-electron chi connectivity index (χ1n) is 14.3. The summed E-state index contributed by atoms with van der Waals surface area (Å²) >= 11 is 0. The molecule has 0 saturated heterocycles. The number of ketones is 1. The van der Waals surface area contributed by atoms with Crippen molar-refractivity contribution in [3.05, 3.63) is 94.6 Å². The van der Waals surface area contributed by atoms with E-state index in [4.69, 9.17) is 10.2 Å². The Hall–Kier alpha value is -3.47. The molecule has 38 heavy (non-hydrogen) atoms. The molecular formula is C33H42N4O. The molecule has 0 unspecified atom stereocenters. The minimum Gasteiger partial charge on any atom is -0.288 e. The summed E-state index contributed by atoms with van der Waals surface area (Å²) in [6.45, 7) is 12.9. The third-order valence-electron chi connectivity index (χ3n) is 7.10. The number of carbonyl (C=O) groups excluding carboxylic acids is 1. The minimum absolute atomic E-state index is 0.0685. The number of unbranched alkanes of at least 4 members (excludes halogenated alkanes) is 2. The number of hydrogen-bond donors (Lipinski definition) is 0. The van der Waals surface area contributed by atoms with Crippen molar-refractivity contribution in [1.29, 1.82) is 0 Å². The zero-order valence-corrected chi connectivity index (χ0v) is 23.9. The van der Waals surface area contributed by atoms with Gasteiger partial charge in [-0.2, -0.15) is 10.2 Å². The summed E-state index contributed by atoms with van der Waals surface area (Å²) in [5, 5.41) is 10.2. The van der Waals surface area contributed by atoms with Crippen LogP contribution < -0.4 is 0 Å². The Labute approximate surface area is 227 Å². The van der Waals surface area contributed by atoms with Crippen molar-refractivity contribution in [2.45, 2.75) is 91.9 Å². The smallest absolute Gasteiger partial charge is 0.200 e. The largest absolute Gasteiger partial charge is 0.288 e. The lowest BCUT2D eigenvalue weighted by atomic mass is 9.90. The van der Waals surface area contributed by atoms with E-state index >= 15 is 0 Å². The van der Waals surface area contributed by atoms with Gasteiger partial charge in [-0.25, -0.2) is 9.36 Å². The fraction of sp³-hybridized carbons (Fsp3) is 0.424. The zero-order chi connectivity index (χ0) is 27.2. The second kappa shape index (κ2) is 12.4. The Bertz CT molecular complexity index is 1240. The standard InChI is InChI=1S/C33H42N4O/c1-7-9-21-27-29(31(23(3)4)34-36(27)25-17-13-11-14-18-25)33(38)30-28(22-10-8-2)37(35-32(30)24(5)6)26-19-15-12-16-20-26/h11-20,23-24H,7-10,21-22H2,1-6H3. The van der Waals surface area contributed by atoms with E-state index in [2.05, 4.69) is 65.8 Å². The first-order chi connectivity index (χ1) is 18.4. The van der Waals surface area contributed by atoms with Gasteiger partial charge in [0.05, 0.1) is 45.3 Å². The van der Waals surface area contributed by atoms with Crippen molar-refractivity contribution in [2.24, 2.45) is 0 Å². The lowest BCUT2D eigenvalue weighted by molar-refractivity contribution is 0.103. The van der Waals surface area contributed by atoms with Crippen molar-refractivity contribution < 1.29 is 4.79 Å². The van der Waals surface area contributed by atoms with Crippen LogP contribution in [0.3, 0.4) is 0 Å². The fourth-order valence-corrected chi connectivity index (χ4v) is 5.09. The van der Waals surface area contributed by atoms with Crippen molar-refractivity contribution in [1.82, 2.24) is 19.6 Å². The molecule has 0 aliphatic carbocycles. The highest BCUT2D eigenvalue weighted by Gasteiger charge is 2.32. The van der Waals surface area contributed by atoms with Crippen LogP contribution in [0.4, 0.5) is 0 Å². The summed E-state index contributed by atoms with van der Waals surface area (Å²) in [5.41, 5.74) is 7.28. The summed E-state index contributed by atoms with van der Waals surface area (Å²) in [4.78, 5) is 14.8. The van der Waals surface area contributed by atoms with Crippen LogP contribution in [0, 0.1) is 0 Å².